The van der Waals surface area contributed by atoms with E-state index >= 15 is 0 Å². The molecule has 1 aliphatic rings. The van der Waals surface area contributed by atoms with Gasteiger partial charge in [0.1, 0.15) is 5.82 Å². The third-order valence-electron chi connectivity index (χ3n) is 3.20. The van der Waals surface area contributed by atoms with E-state index in [1.165, 1.54) is 6.07 Å². The second-order valence-electron chi connectivity index (χ2n) is 4.09. The molecule has 0 spiro atoms. The lowest BCUT2D eigenvalue weighted by molar-refractivity contribution is 0.638. The molecule has 2 heteroatoms. The molecule has 15 heavy (non-hydrogen) atoms. The number of hydrogen-bond donors (Lipinski definition) is 1. The van der Waals surface area contributed by atoms with Crippen molar-refractivity contribution in [1.29, 1.82) is 0 Å². The summed E-state index contributed by atoms with van der Waals surface area (Å²) in [6, 6.07) is 5.05. The van der Waals surface area contributed by atoms with Crippen LogP contribution >= 0.6 is 0 Å². The summed E-state index contributed by atoms with van der Waals surface area (Å²) >= 11 is 0. The number of aromatic amines is 1. The van der Waals surface area contributed by atoms with Crippen molar-refractivity contribution in [2.75, 3.05) is 0 Å². The lowest BCUT2D eigenvalue weighted by atomic mass is 9.96. The number of hydrogen-bond acceptors (Lipinski definition) is 0. The predicted molar refractivity (Wildman–Crippen MR) is 58.0 cm³/mol. The van der Waals surface area contributed by atoms with Crippen LogP contribution in [0.4, 0.5) is 4.39 Å². The summed E-state index contributed by atoms with van der Waals surface area (Å²) in [7, 11) is 0. The highest BCUT2D eigenvalue weighted by atomic mass is 19.1. The van der Waals surface area contributed by atoms with Crippen molar-refractivity contribution in [2.45, 2.75) is 18.3 Å². The molecule has 1 heterocycles. The van der Waals surface area contributed by atoms with Crippen LogP contribution in [0.1, 0.15) is 18.4 Å². The van der Waals surface area contributed by atoms with Gasteiger partial charge in [-0.1, -0.05) is 12.0 Å². The van der Waals surface area contributed by atoms with Gasteiger partial charge in [0.25, 0.3) is 0 Å². The highest BCUT2D eigenvalue weighted by Gasteiger charge is 2.44. The summed E-state index contributed by atoms with van der Waals surface area (Å²) in [4.78, 5) is 3.07. The molecule has 3 rings (SSSR count). The molecule has 1 saturated carbocycles. The van der Waals surface area contributed by atoms with Gasteiger partial charge in [-0.2, -0.15) is 0 Å². The molecule has 0 atom stereocenters. The van der Waals surface area contributed by atoms with Gasteiger partial charge in [0.15, 0.2) is 0 Å². The van der Waals surface area contributed by atoms with E-state index in [4.69, 9.17) is 6.42 Å². The zero-order valence-electron chi connectivity index (χ0n) is 8.18. The molecule has 0 unspecified atom stereocenters. The van der Waals surface area contributed by atoms with E-state index in [0.29, 0.717) is 5.39 Å². The second-order valence-corrected chi connectivity index (χ2v) is 4.09. The lowest BCUT2D eigenvalue weighted by Crippen LogP contribution is -2.01. The molecule has 1 N–H and O–H groups in total. The Hall–Kier alpha value is -1.75. The first-order valence-corrected chi connectivity index (χ1v) is 5.01. The second kappa shape index (κ2) is 2.64. The third kappa shape index (κ3) is 1.04. The van der Waals surface area contributed by atoms with Crippen LogP contribution < -0.4 is 0 Å². The van der Waals surface area contributed by atoms with E-state index in [-0.39, 0.29) is 11.2 Å². The van der Waals surface area contributed by atoms with Crippen LogP contribution in [0.3, 0.4) is 0 Å². The first kappa shape index (κ1) is 8.55. The molecule has 0 aliphatic heterocycles. The van der Waals surface area contributed by atoms with E-state index in [0.717, 1.165) is 23.9 Å². The number of terminal acetylenes is 1. The Balaban J connectivity index is 2.34. The Labute approximate surface area is 87.3 Å². The quantitative estimate of drug-likeness (QED) is 0.679. The van der Waals surface area contributed by atoms with Gasteiger partial charge in [0, 0.05) is 17.1 Å². The summed E-state index contributed by atoms with van der Waals surface area (Å²) in [6.07, 6.45) is 9.29. The molecule has 0 radical (unpaired) electrons. The SMILES string of the molecule is C#CC1(c2c[nH]c3cccc(F)c23)CC1. The molecule has 1 nitrogen and oxygen atoms in total. The Bertz CT molecular complexity index is 570. The summed E-state index contributed by atoms with van der Waals surface area (Å²) < 4.78 is 13.7. The molecule has 2 aromatic rings. The van der Waals surface area contributed by atoms with Gasteiger partial charge in [0.2, 0.25) is 0 Å². The fourth-order valence-electron chi connectivity index (χ4n) is 2.13. The standard InChI is InChI=1S/C13H10FN/c1-2-13(6-7-13)9-8-15-11-5-3-4-10(14)12(9)11/h1,3-5,8,15H,6-7H2. The maximum Gasteiger partial charge on any atom is 0.132 e. The highest BCUT2D eigenvalue weighted by Crippen LogP contribution is 2.50. The third-order valence-corrected chi connectivity index (χ3v) is 3.20. The molecule has 1 fully saturated rings. The number of halogens is 1. The Kier molecular flexibility index (Phi) is 1.50. The zero-order chi connectivity index (χ0) is 10.5. The molecule has 0 amide bonds. The van der Waals surface area contributed by atoms with Crippen LogP contribution in [-0.2, 0) is 5.41 Å². The molecule has 1 aromatic carbocycles. The Morgan fingerprint density at radius 3 is 2.87 bits per heavy atom. The summed E-state index contributed by atoms with van der Waals surface area (Å²) in [5.74, 6) is 2.60. The average molecular weight is 199 g/mol. The first-order chi connectivity index (χ1) is 7.27. The minimum absolute atomic E-state index is 0.190. The van der Waals surface area contributed by atoms with Crippen molar-refractivity contribution in [1.82, 2.24) is 4.98 Å². The van der Waals surface area contributed by atoms with Gasteiger partial charge in [-0.3, -0.25) is 0 Å². The van der Waals surface area contributed by atoms with Gasteiger partial charge < -0.3 is 4.98 Å². The summed E-state index contributed by atoms with van der Waals surface area (Å²) in [5.41, 5.74) is 1.56. The Morgan fingerprint density at radius 1 is 1.40 bits per heavy atom. The van der Waals surface area contributed by atoms with Crippen molar-refractivity contribution in [3.8, 4) is 12.3 Å². The maximum atomic E-state index is 13.7. The van der Waals surface area contributed by atoms with Gasteiger partial charge in [0.05, 0.1) is 5.41 Å². The van der Waals surface area contributed by atoms with E-state index in [1.807, 2.05) is 12.3 Å². The molecule has 74 valence electrons. The largest absolute Gasteiger partial charge is 0.361 e. The van der Waals surface area contributed by atoms with Crippen LogP contribution in [0, 0.1) is 18.2 Å². The summed E-state index contributed by atoms with van der Waals surface area (Å²) in [6.45, 7) is 0. The molecule has 1 aromatic heterocycles. The van der Waals surface area contributed by atoms with Crippen molar-refractivity contribution >= 4 is 10.9 Å². The van der Waals surface area contributed by atoms with Gasteiger partial charge in [-0.05, 0) is 30.5 Å². The van der Waals surface area contributed by atoms with E-state index in [1.54, 1.807) is 6.07 Å². The number of rotatable bonds is 1. The molecular weight excluding hydrogens is 189 g/mol. The van der Waals surface area contributed by atoms with Gasteiger partial charge in [-0.25, -0.2) is 4.39 Å². The number of benzene rings is 1. The molecule has 0 saturated heterocycles. The van der Waals surface area contributed by atoms with Crippen molar-refractivity contribution in [2.24, 2.45) is 0 Å². The fourth-order valence-corrected chi connectivity index (χ4v) is 2.13. The van der Waals surface area contributed by atoms with Gasteiger partial charge in [-0.15, -0.1) is 6.42 Å². The normalized spacial score (nSPS) is 17.6. The van der Waals surface area contributed by atoms with E-state index in [2.05, 4.69) is 10.9 Å². The number of nitrogens with one attached hydrogen (secondary N) is 1. The van der Waals surface area contributed by atoms with Gasteiger partial charge >= 0.3 is 0 Å². The van der Waals surface area contributed by atoms with Crippen LogP contribution in [0.2, 0.25) is 0 Å². The number of fused-ring (bicyclic) bond motifs is 1. The minimum Gasteiger partial charge on any atom is -0.361 e. The predicted octanol–water partition coefficient (Wildman–Crippen LogP) is 2.97. The number of H-pyrrole nitrogens is 1. The zero-order valence-corrected chi connectivity index (χ0v) is 8.18. The molecular formula is C13H10FN. The minimum atomic E-state index is -0.208. The fraction of sp³-hybridized carbons (Fsp3) is 0.231. The topological polar surface area (TPSA) is 15.8 Å². The molecule has 1 aliphatic carbocycles. The van der Waals surface area contributed by atoms with E-state index in [9.17, 15) is 4.39 Å². The maximum absolute atomic E-state index is 13.7. The van der Waals surface area contributed by atoms with Crippen LogP contribution in [0.5, 0.6) is 0 Å². The first-order valence-electron chi connectivity index (χ1n) is 5.01. The monoisotopic (exact) mass is 199 g/mol. The summed E-state index contributed by atoms with van der Waals surface area (Å²) in [5, 5.41) is 0.660. The smallest absolute Gasteiger partial charge is 0.132 e. The van der Waals surface area contributed by atoms with Crippen molar-refractivity contribution in [3.63, 3.8) is 0 Å². The average Bonchev–Trinajstić information content (AvgIpc) is 2.92. The Morgan fingerprint density at radius 2 is 2.20 bits per heavy atom. The lowest BCUT2D eigenvalue weighted by Gasteiger charge is -2.05. The highest BCUT2D eigenvalue weighted by molar-refractivity contribution is 5.86. The van der Waals surface area contributed by atoms with Crippen molar-refractivity contribution in [3.05, 3.63) is 35.8 Å². The van der Waals surface area contributed by atoms with Crippen LogP contribution in [0.25, 0.3) is 10.9 Å². The van der Waals surface area contributed by atoms with Crippen LogP contribution in [0.15, 0.2) is 24.4 Å². The molecule has 0 bridgehead atoms. The van der Waals surface area contributed by atoms with Crippen molar-refractivity contribution < 1.29 is 4.39 Å². The van der Waals surface area contributed by atoms with E-state index < -0.39 is 0 Å². The number of aromatic nitrogens is 1. The van der Waals surface area contributed by atoms with Crippen LogP contribution in [-0.4, -0.2) is 4.98 Å².